The van der Waals surface area contributed by atoms with Crippen molar-refractivity contribution < 1.29 is 23.7 Å². The van der Waals surface area contributed by atoms with E-state index in [4.69, 9.17) is 24.7 Å². The minimum atomic E-state index is -0.786. The molecule has 2 N–H and O–H groups in total. The van der Waals surface area contributed by atoms with Crippen LogP contribution in [-0.2, 0) is 9.47 Å². The van der Waals surface area contributed by atoms with Crippen LogP contribution < -0.4 is 15.2 Å². The molecule has 138 valence electrons. The Kier molecular flexibility index (Phi) is 5.04. The Bertz CT molecular complexity index is 785. The van der Waals surface area contributed by atoms with Crippen LogP contribution in [0, 0.1) is 5.41 Å². The Morgan fingerprint density at radius 3 is 2.54 bits per heavy atom. The smallest absolute Gasteiger partial charge is 0.405 e. The average molecular weight is 357 g/mol. The summed E-state index contributed by atoms with van der Waals surface area (Å²) in [6, 6.07) is 13.6. The SMILES string of the molecule is COCOc1ccc(-c2ccc3c(c2)OCC(C)(C)C3OC(N)=O)cc1. The van der Waals surface area contributed by atoms with Crippen LogP contribution in [0.5, 0.6) is 11.5 Å². The third-order valence-corrected chi connectivity index (χ3v) is 4.37. The molecule has 0 saturated carbocycles. The van der Waals surface area contributed by atoms with E-state index in [2.05, 4.69) is 0 Å². The lowest BCUT2D eigenvalue weighted by atomic mass is 9.80. The van der Waals surface area contributed by atoms with Crippen molar-refractivity contribution >= 4 is 6.09 Å². The second-order valence-electron chi connectivity index (χ2n) is 6.92. The first kappa shape index (κ1) is 18.1. The van der Waals surface area contributed by atoms with Crippen LogP contribution in [0.15, 0.2) is 42.5 Å². The van der Waals surface area contributed by atoms with Crippen molar-refractivity contribution in [2.24, 2.45) is 11.1 Å². The van der Waals surface area contributed by atoms with E-state index in [1.54, 1.807) is 7.11 Å². The fraction of sp³-hybridized carbons (Fsp3) is 0.350. The largest absolute Gasteiger partial charge is 0.492 e. The summed E-state index contributed by atoms with van der Waals surface area (Å²) in [6.45, 7) is 4.61. The third-order valence-electron chi connectivity index (χ3n) is 4.37. The Balaban J connectivity index is 1.88. The van der Waals surface area contributed by atoms with Crippen LogP contribution in [0.25, 0.3) is 11.1 Å². The van der Waals surface area contributed by atoms with Gasteiger partial charge in [0.15, 0.2) is 6.79 Å². The minimum absolute atomic E-state index is 0.211. The van der Waals surface area contributed by atoms with E-state index in [0.717, 1.165) is 22.4 Å². The average Bonchev–Trinajstić information content (AvgIpc) is 2.62. The van der Waals surface area contributed by atoms with E-state index in [1.807, 2.05) is 56.3 Å². The van der Waals surface area contributed by atoms with Crippen LogP contribution in [0.3, 0.4) is 0 Å². The molecule has 6 nitrogen and oxygen atoms in total. The summed E-state index contributed by atoms with van der Waals surface area (Å²) in [5.41, 5.74) is 7.74. The maximum atomic E-state index is 11.3. The predicted molar refractivity (Wildman–Crippen MR) is 97.1 cm³/mol. The van der Waals surface area contributed by atoms with Gasteiger partial charge < -0.3 is 24.7 Å². The van der Waals surface area contributed by atoms with E-state index in [-0.39, 0.29) is 12.2 Å². The number of methoxy groups -OCH3 is 1. The molecule has 2 aromatic carbocycles. The normalized spacial score (nSPS) is 17.7. The van der Waals surface area contributed by atoms with Crippen molar-refractivity contribution in [3.63, 3.8) is 0 Å². The summed E-state index contributed by atoms with van der Waals surface area (Å²) in [7, 11) is 1.58. The zero-order valence-corrected chi connectivity index (χ0v) is 15.2. The fourth-order valence-corrected chi connectivity index (χ4v) is 3.03. The zero-order chi connectivity index (χ0) is 18.7. The number of rotatable bonds is 5. The number of nitrogens with two attached hydrogens (primary N) is 1. The van der Waals surface area contributed by atoms with Gasteiger partial charge in [-0.05, 0) is 29.3 Å². The maximum absolute atomic E-state index is 11.3. The summed E-state index contributed by atoms with van der Waals surface area (Å²) < 4.78 is 21.6. The van der Waals surface area contributed by atoms with Gasteiger partial charge >= 0.3 is 6.09 Å². The molecule has 2 aromatic rings. The number of amides is 1. The van der Waals surface area contributed by atoms with Gasteiger partial charge in [-0.15, -0.1) is 0 Å². The Morgan fingerprint density at radius 1 is 1.19 bits per heavy atom. The lowest BCUT2D eigenvalue weighted by molar-refractivity contribution is -0.0176. The summed E-state index contributed by atoms with van der Waals surface area (Å²) in [5.74, 6) is 1.44. The van der Waals surface area contributed by atoms with Gasteiger partial charge in [-0.3, -0.25) is 0 Å². The molecule has 0 spiro atoms. The van der Waals surface area contributed by atoms with Gasteiger partial charge in [0.2, 0.25) is 0 Å². The summed E-state index contributed by atoms with van der Waals surface area (Å²) in [5, 5.41) is 0. The quantitative estimate of drug-likeness (QED) is 0.821. The second-order valence-corrected chi connectivity index (χ2v) is 6.92. The molecule has 0 aliphatic carbocycles. The number of fused-ring (bicyclic) bond motifs is 1. The molecule has 6 heteroatoms. The van der Waals surface area contributed by atoms with E-state index >= 15 is 0 Å². The first-order chi connectivity index (χ1) is 12.4. The number of benzene rings is 2. The number of ether oxygens (including phenoxy) is 4. The van der Waals surface area contributed by atoms with Crippen LogP contribution in [0.4, 0.5) is 4.79 Å². The van der Waals surface area contributed by atoms with Crippen molar-refractivity contribution in [1.82, 2.24) is 0 Å². The van der Waals surface area contributed by atoms with E-state index < -0.39 is 12.2 Å². The van der Waals surface area contributed by atoms with Gasteiger partial charge in [-0.2, -0.15) is 0 Å². The third kappa shape index (κ3) is 3.75. The second kappa shape index (κ2) is 7.25. The highest BCUT2D eigenvalue weighted by Crippen LogP contribution is 2.46. The number of carbonyl (C=O) groups excluding carboxylic acids is 1. The van der Waals surface area contributed by atoms with Gasteiger partial charge in [0.05, 0.1) is 6.61 Å². The van der Waals surface area contributed by atoms with Crippen LogP contribution >= 0.6 is 0 Å². The molecule has 0 fully saturated rings. The lowest BCUT2D eigenvalue weighted by Crippen LogP contribution is -2.37. The van der Waals surface area contributed by atoms with E-state index in [0.29, 0.717) is 12.4 Å². The van der Waals surface area contributed by atoms with Crippen molar-refractivity contribution in [3.05, 3.63) is 48.0 Å². The maximum Gasteiger partial charge on any atom is 0.405 e. The van der Waals surface area contributed by atoms with Gasteiger partial charge in [0.1, 0.15) is 17.6 Å². The highest BCUT2D eigenvalue weighted by Gasteiger charge is 2.40. The van der Waals surface area contributed by atoms with Crippen molar-refractivity contribution in [3.8, 4) is 22.6 Å². The minimum Gasteiger partial charge on any atom is -0.492 e. The molecule has 0 bridgehead atoms. The molecule has 0 aromatic heterocycles. The van der Waals surface area contributed by atoms with Crippen LogP contribution in [0.1, 0.15) is 25.5 Å². The monoisotopic (exact) mass is 357 g/mol. The Morgan fingerprint density at radius 2 is 1.88 bits per heavy atom. The van der Waals surface area contributed by atoms with Crippen LogP contribution in [-0.4, -0.2) is 26.6 Å². The summed E-state index contributed by atoms with van der Waals surface area (Å²) in [4.78, 5) is 11.3. The Hall–Kier alpha value is -2.73. The summed E-state index contributed by atoms with van der Waals surface area (Å²) in [6.07, 6.45) is -1.23. The highest BCUT2D eigenvalue weighted by molar-refractivity contribution is 5.68. The van der Waals surface area contributed by atoms with Crippen molar-refractivity contribution in [2.45, 2.75) is 20.0 Å². The molecule has 1 unspecified atom stereocenters. The highest BCUT2D eigenvalue weighted by atomic mass is 16.7. The standard InChI is InChI=1S/C20H23NO5/c1-20(2)11-24-17-10-14(6-9-16(17)18(20)26-19(21)22)13-4-7-15(8-5-13)25-12-23-3/h4-10,18H,11-12H2,1-3H3,(H2,21,22). The van der Waals surface area contributed by atoms with Crippen molar-refractivity contribution in [1.29, 1.82) is 0 Å². The fourth-order valence-electron chi connectivity index (χ4n) is 3.03. The molecular formula is C20H23NO5. The van der Waals surface area contributed by atoms with Gasteiger partial charge in [0, 0.05) is 18.1 Å². The first-order valence-electron chi connectivity index (χ1n) is 8.36. The predicted octanol–water partition coefficient (Wildman–Crippen LogP) is 3.89. The molecule has 0 saturated heterocycles. The Labute approximate surface area is 152 Å². The first-order valence-corrected chi connectivity index (χ1v) is 8.36. The zero-order valence-electron chi connectivity index (χ0n) is 15.2. The number of carbonyl (C=O) groups is 1. The molecule has 0 radical (unpaired) electrons. The van der Waals surface area contributed by atoms with Crippen molar-refractivity contribution in [2.75, 3.05) is 20.5 Å². The van der Waals surface area contributed by atoms with Gasteiger partial charge in [-0.1, -0.05) is 38.1 Å². The molecule has 1 aliphatic rings. The lowest BCUT2D eigenvalue weighted by Gasteiger charge is -2.38. The number of primary amides is 1. The van der Waals surface area contributed by atoms with Gasteiger partial charge in [-0.25, -0.2) is 4.79 Å². The van der Waals surface area contributed by atoms with Crippen LogP contribution in [0.2, 0.25) is 0 Å². The van der Waals surface area contributed by atoms with E-state index in [9.17, 15) is 4.79 Å². The molecule has 1 atom stereocenters. The van der Waals surface area contributed by atoms with Gasteiger partial charge in [0.25, 0.3) is 0 Å². The molecule has 3 rings (SSSR count). The molecule has 1 aliphatic heterocycles. The molecule has 26 heavy (non-hydrogen) atoms. The van der Waals surface area contributed by atoms with E-state index in [1.165, 1.54) is 0 Å². The molecule has 1 amide bonds. The summed E-state index contributed by atoms with van der Waals surface area (Å²) >= 11 is 0. The number of hydrogen-bond acceptors (Lipinski definition) is 5. The number of hydrogen-bond donors (Lipinski definition) is 1. The topological polar surface area (TPSA) is 80.0 Å². The molecule has 1 heterocycles. The molecular weight excluding hydrogens is 334 g/mol.